The zero-order chi connectivity index (χ0) is 18.0. The average molecular weight is 333 g/mol. The van der Waals surface area contributed by atoms with Crippen LogP contribution >= 0.6 is 0 Å². The Bertz CT molecular complexity index is 929. The lowest BCUT2D eigenvalue weighted by molar-refractivity contribution is 0.815. The van der Waals surface area contributed by atoms with Gasteiger partial charge in [0.15, 0.2) is 5.82 Å². The second-order valence-electron chi connectivity index (χ2n) is 5.95. The molecule has 1 aromatic carbocycles. The number of nitrogens with zero attached hydrogens (tertiary/aromatic N) is 3. The van der Waals surface area contributed by atoms with E-state index in [0.29, 0.717) is 24.2 Å². The Morgan fingerprint density at radius 1 is 1.20 bits per heavy atom. The van der Waals surface area contributed by atoms with E-state index >= 15 is 0 Å². The summed E-state index contributed by atoms with van der Waals surface area (Å²) in [5, 5.41) is 33.7. The number of fused-ring (bicyclic) bond motifs is 1. The molecule has 0 fully saturated rings. The van der Waals surface area contributed by atoms with Crippen LogP contribution in [0.4, 0.5) is 5.82 Å². The molecule has 25 heavy (non-hydrogen) atoms. The Morgan fingerprint density at radius 2 is 1.88 bits per heavy atom. The van der Waals surface area contributed by atoms with Gasteiger partial charge in [0.1, 0.15) is 0 Å². The van der Waals surface area contributed by atoms with Gasteiger partial charge in [-0.3, -0.25) is 5.10 Å². The van der Waals surface area contributed by atoms with E-state index in [4.69, 9.17) is 5.73 Å². The molecule has 7 nitrogen and oxygen atoms in total. The molecular weight excluding hydrogens is 314 g/mol. The standard InChI is InChI=1S/C18H19N7/c1-10-14(8-20)17(15(9-21)11(2)23-10)12-3-4-16-13(7-12)18(25-24-16)22-6-5-19/h3-4,7,17,23H,5-6,19H2,1-2H3,(H2,22,24,25). The summed E-state index contributed by atoms with van der Waals surface area (Å²) in [6.07, 6.45) is 0. The van der Waals surface area contributed by atoms with Gasteiger partial charge < -0.3 is 16.4 Å². The summed E-state index contributed by atoms with van der Waals surface area (Å²) in [5.74, 6) is 0.340. The third kappa shape index (κ3) is 2.82. The maximum atomic E-state index is 9.61. The summed E-state index contributed by atoms with van der Waals surface area (Å²) in [5.41, 5.74) is 9.98. The largest absolute Gasteiger partial charge is 0.367 e. The molecule has 1 aliphatic rings. The van der Waals surface area contributed by atoms with Crippen molar-refractivity contribution in [2.75, 3.05) is 18.4 Å². The molecule has 0 saturated carbocycles. The second kappa shape index (κ2) is 6.68. The minimum Gasteiger partial charge on any atom is -0.367 e. The molecule has 0 saturated heterocycles. The number of anilines is 1. The molecule has 1 aliphatic heterocycles. The number of nitrogens with two attached hydrogens (primary N) is 1. The van der Waals surface area contributed by atoms with Gasteiger partial charge in [0.05, 0.1) is 34.7 Å². The van der Waals surface area contributed by atoms with Crippen molar-refractivity contribution in [2.24, 2.45) is 5.73 Å². The van der Waals surface area contributed by atoms with Gasteiger partial charge in [-0.05, 0) is 31.5 Å². The van der Waals surface area contributed by atoms with Crippen molar-refractivity contribution < 1.29 is 0 Å². The van der Waals surface area contributed by atoms with E-state index in [0.717, 1.165) is 33.7 Å². The minimum atomic E-state index is -0.377. The number of benzene rings is 1. The number of allylic oxidation sites excluding steroid dienone is 4. The molecular formula is C18H19N7. The van der Waals surface area contributed by atoms with Crippen molar-refractivity contribution in [3.63, 3.8) is 0 Å². The molecule has 0 spiro atoms. The molecule has 7 heteroatoms. The van der Waals surface area contributed by atoms with Crippen LogP contribution in [0.3, 0.4) is 0 Å². The first kappa shape index (κ1) is 16.6. The number of H-pyrrole nitrogens is 1. The maximum Gasteiger partial charge on any atom is 0.155 e. The van der Waals surface area contributed by atoms with Crippen molar-refractivity contribution in [1.29, 1.82) is 10.5 Å². The number of dihydropyridines is 1. The Balaban J connectivity index is 2.14. The highest BCUT2D eigenvalue weighted by Crippen LogP contribution is 2.38. The van der Waals surface area contributed by atoms with Crippen LogP contribution in [-0.4, -0.2) is 23.3 Å². The third-order valence-corrected chi connectivity index (χ3v) is 4.36. The zero-order valence-electron chi connectivity index (χ0n) is 14.1. The number of rotatable bonds is 4. The van der Waals surface area contributed by atoms with Crippen LogP contribution in [0, 0.1) is 22.7 Å². The quantitative estimate of drug-likeness (QED) is 0.679. The van der Waals surface area contributed by atoms with Gasteiger partial charge in [-0.15, -0.1) is 0 Å². The monoisotopic (exact) mass is 333 g/mol. The van der Waals surface area contributed by atoms with Crippen LogP contribution in [0.1, 0.15) is 25.3 Å². The minimum absolute atomic E-state index is 0.377. The van der Waals surface area contributed by atoms with E-state index in [2.05, 4.69) is 33.0 Å². The fourth-order valence-corrected chi connectivity index (χ4v) is 3.16. The highest BCUT2D eigenvalue weighted by molar-refractivity contribution is 5.90. The number of aromatic nitrogens is 2. The highest BCUT2D eigenvalue weighted by Gasteiger charge is 2.29. The number of nitrogens with one attached hydrogen (secondary N) is 3. The van der Waals surface area contributed by atoms with Crippen LogP contribution in [0.5, 0.6) is 0 Å². The van der Waals surface area contributed by atoms with E-state index < -0.39 is 0 Å². The molecule has 5 N–H and O–H groups in total. The summed E-state index contributed by atoms with van der Waals surface area (Å²) in [7, 11) is 0. The predicted molar refractivity (Wildman–Crippen MR) is 96.1 cm³/mol. The van der Waals surface area contributed by atoms with Crippen molar-refractivity contribution >= 4 is 16.7 Å². The lowest BCUT2D eigenvalue weighted by atomic mass is 9.81. The molecule has 2 heterocycles. The molecule has 0 amide bonds. The zero-order valence-corrected chi connectivity index (χ0v) is 14.1. The molecule has 2 aromatic rings. The Hall–Kier alpha value is -3.29. The third-order valence-electron chi connectivity index (χ3n) is 4.36. The topological polar surface area (TPSA) is 126 Å². The van der Waals surface area contributed by atoms with Crippen LogP contribution in [-0.2, 0) is 0 Å². The van der Waals surface area contributed by atoms with Gasteiger partial charge in [-0.1, -0.05) is 6.07 Å². The van der Waals surface area contributed by atoms with Gasteiger partial charge in [0.2, 0.25) is 0 Å². The number of hydrogen-bond donors (Lipinski definition) is 4. The molecule has 0 atom stereocenters. The Morgan fingerprint density at radius 3 is 2.48 bits per heavy atom. The van der Waals surface area contributed by atoms with Crippen LogP contribution in [0.25, 0.3) is 10.9 Å². The second-order valence-corrected chi connectivity index (χ2v) is 5.95. The first-order valence-corrected chi connectivity index (χ1v) is 8.01. The van der Waals surface area contributed by atoms with Gasteiger partial charge in [0, 0.05) is 29.9 Å². The summed E-state index contributed by atoms with van der Waals surface area (Å²) < 4.78 is 0. The van der Waals surface area contributed by atoms with Crippen molar-refractivity contribution in [3.05, 3.63) is 46.3 Å². The van der Waals surface area contributed by atoms with E-state index in [9.17, 15) is 10.5 Å². The normalized spacial score (nSPS) is 15.1. The summed E-state index contributed by atoms with van der Waals surface area (Å²) in [6, 6.07) is 10.3. The molecule has 0 unspecified atom stereocenters. The number of aromatic amines is 1. The predicted octanol–water partition coefficient (Wildman–Crippen LogP) is 2.22. The van der Waals surface area contributed by atoms with E-state index in [1.807, 2.05) is 32.0 Å². The van der Waals surface area contributed by atoms with Gasteiger partial charge in [-0.2, -0.15) is 15.6 Å². The van der Waals surface area contributed by atoms with E-state index in [1.54, 1.807) is 0 Å². The van der Waals surface area contributed by atoms with Crippen LogP contribution in [0.2, 0.25) is 0 Å². The lowest BCUT2D eigenvalue weighted by Gasteiger charge is -2.26. The molecule has 0 radical (unpaired) electrons. The van der Waals surface area contributed by atoms with Gasteiger partial charge in [-0.25, -0.2) is 0 Å². The summed E-state index contributed by atoms with van der Waals surface area (Å²) in [4.78, 5) is 0. The van der Waals surface area contributed by atoms with E-state index in [-0.39, 0.29) is 5.92 Å². The van der Waals surface area contributed by atoms with Crippen LogP contribution < -0.4 is 16.4 Å². The fourth-order valence-electron chi connectivity index (χ4n) is 3.16. The maximum absolute atomic E-state index is 9.61. The Labute approximate surface area is 145 Å². The van der Waals surface area contributed by atoms with Crippen molar-refractivity contribution in [1.82, 2.24) is 15.5 Å². The molecule has 1 aromatic heterocycles. The highest BCUT2D eigenvalue weighted by atomic mass is 15.2. The smallest absolute Gasteiger partial charge is 0.155 e. The van der Waals surface area contributed by atoms with Crippen molar-refractivity contribution in [2.45, 2.75) is 19.8 Å². The molecule has 3 rings (SSSR count). The Kier molecular flexibility index (Phi) is 4.42. The number of nitriles is 2. The van der Waals surface area contributed by atoms with Crippen molar-refractivity contribution in [3.8, 4) is 12.1 Å². The molecule has 126 valence electrons. The van der Waals surface area contributed by atoms with E-state index in [1.165, 1.54) is 0 Å². The average Bonchev–Trinajstić information content (AvgIpc) is 3.01. The molecule has 0 aliphatic carbocycles. The lowest BCUT2D eigenvalue weighted by Crippen LogP contribution is -2.23. The summed E-state index contributed by atoms with van der Waals surface area (Å²) >= 11 is 0. The number of hydrogen-bond acceptors (Lipinski definition) is 6. The fraction of sp³-hybridized carbons (Fsp3) is 0.278. The first-order valence-electron chi connectivity index (χ1n) is 8.01. The molecule has 0 bridgehead atoms. The summed E-state index contributed by atoms with van der Waals surface area (Å²) in [6.45, 7) is 4.83. The first-order chi connectivity index (χ1) is 12.1. The van der Waals surface area contributed by atoms with Gasteiger partial charge >= 0.3 is 0 Å². The SMILES string of the molecule is CC1=C(C#N)C(c2ccc3[nH]nc(NCCN)c3c2)C(C#N)=C(C)N1. The van der Waals surface area contributed by atoms with Gasteiger partial charge in [0.25, 0.3) is 0 Å². The van der Waals surface area contributed by atoms with Crippen LogP contribution in [0.15, 0.2) is 40.7 Å².